The molecule has 6 nitrogen and oxygen atoms in total. The van der Waals surface area contributed by atoms with E-state index in [1.165, 1.54) is 0 Å². The van der Waals surface area contributed by atoms with Crippen molar-refractivity contribution < 1.29 is 17.9 Å². The average Bonchev–Trinajstić information content (AvgIpc) is 3.42. The van der Waals surface area contributed by atoms with Crippen molar-refractivity contribution in [2.45, 2.75) is 12.6 Å². The molecule has 0 amide bonds. The summed E-state index contributed by atoms with van der Waals surface area (Å²) in [6.45, 7) is 0. The molecule has 0 unspecified atom stereocenters. The molecule has 3 aromatic carbocycles. The molecule has 0 radical (unpaired) electrons. The quantitative estimate of drug-likeness (QED) is 0.233. The number of alkyl halides is 3. The lowest BCUT2D eigenvalue weighted by Gasteiger charge is -2.07. The van der Waals surface area contributed by atoms with Crippen LogP contribution in [0.3, 0.4) is 0 Å². The van der Waals surface area contributed by atoms with Gasteiger partial charge in [-0.25, -0.2) is 4.98 Å². The third-order valence-electron chi connectivity index (χ3n) is 4.94. The van der Waals surface area contributed by atoms with E-state index in [2.05, 4.69) is 40.0 Å². The minimum atomic E-state index is -4.45. The number of nitrogens with zero attached hydrogens (tertiary/aromatic N) is 3. The third-order valence-corrected chi connectivity index (χ3v) is 6.09. The van der Waals surface area contributed by atoms with E-state index in [9.17, 15) is 13.2 Å². The van der Waals surface area contributed by atoms with Gasteiger partial charge in [-0.1, -0.05) is 30.3 Å². The van der Waals surface area contributed by atoms with Crippen LogP contribution in [0.5, 0.6) is 11.6 Å². The molecule has 0 aliphatic carbocycles. The second-order valence-electron chi connectivity index (χ2n) is 7.37. The van der Waals surface area contributed by atoms with E-state index in [1.807, 2.05) is 30.3 Å². The van der Waals surface area contributed by atoms with Crippen molar-refractivity contribution in [2.24, 2.45) is 0 Å². The minimum absolute atomic E-state index is 0.258. The summed E-state index contributed by atoms with van der Waals surface area (Å²) < 4.78 is 54.0. The van der Waals surface area contributed by atoms with E-state index in [0.29, 0.717) is 35.2 Å². The van der Waals surface area contributed by atoms with Crippen LogP contribution in [0.15, 0.2) is 71.2 Å². The Morgan fingerprint density at radius 1 is 1.00 bits per heavy atom. The van der Waals surface area contributed by atoms with Crippen molar-refractivity contribution >= 4 is 50.3 Å². The number of nitrogens with one attached hydrogen (secondary N) is 2. The number of fused-ring (bicyclic) bond motifs is 1. The van der Waals surface area contributed by atoms with Crippen LogP contribution in [0.1, 0.15) is 16.8 Å². The first-order valence-corrected chi connectivity index (χ1v) is 11.5. The van der Waals surface area contributed by atoms with E-state index in [1.54, 1.807) is 24.3 Å². The Hall–Kier alpha value is -3.44. The molecule has 2 heterocycles. The standard InChI is InChI=1S/C23H15BrF3N5OS/c24-17-11-14(23(25,26)27)12-18-20(17)30-22(29-18)28-15-6-8-16(9-7-15)33-21-19(31-34-32-21)10-13-4-2-1-3-5-13/h1-9,11-12H,10H2,(H2,28,29,30). The van der Waals surface area contributed by atoms with Gasteiger partial charge in [-0.15, -0.1) is 4.37 Å². The number of imidazole rings is 1. The molecule has 0 saturated carbocycles. The number of aromatic nitrogens is 4. The zero-order valence-electron chi connectivity index (χ0n) is 17.2. The van der Waals surface area contributed by atoms with Crippen LogP contribution in [0, 0.1) is 0 Å². The number of hydrogen-bond donors (Lipinski definition) is 2. The molecule has 11 heteroatoms. The summed E-state index contributed by atoms with van der Waals surface area (Å²) in [5, 5.41) is 3.06. The fraction of sp³-hybridized carbons (Fsp3) is 0.0870. The first kappa shape index (κ1) is 22.4. The first-order chi connectivity index (χ1) is 16.3. The van der Waals surface area contributed by atoms with E-state index in [4.69, 9.17) is 4.74 Å². The molecule has 5 aromatic rings. The summed E-state index contributed by atoms with van der Waals surface area (Å²) in [7, 11) is 0. The van der Waals surface area contributed by atoms with Crippen LogP contribution >= 0.6 is 27.7 Å². The van der Waals surface area contributed by atoms with Crippen LogP contribution in [-0.2, 0) is 12.6 Å². The average molecular weight is 546 g/mol. The lowest BCUT2D eigenvalue weighted by Crippen LogP contribution is -2.04. The Labute approximate surface area is 204 Å². The smallest absolute Gasteiger partial charge is 0.416 e. The Kier molecular flexibility index (Phi) is 5.96. The fourth-order valence-electron chi connectivity index (χ4n) is 3.33. The van der Waals surface area contributed by atoms with Crippen LogP contribution in [-0.4, -0.2) is 18.7 Å². The van der Waals surface area contributed by atoms with E-state index in [0.717, 1.165) is 35.1 Å². The number of anilines is 2. The van der Waals surface area contributed by atoms with Crippen molar-refractivity contribution in [1.82, 2.24) is 18.7 Å². The van der Waals surface area contributed by atoms with Gasteiger partial charge in [-0.2, -0.15) is 17.5 Å². The molecule has 0 aliphatic heterocycles. The summed E-state index contributed by atoms with van der Waals surface area (Å²) in [4.78, 5) is 7.22. The minimum Gasteiger partial charge on any atom is -0.437 e. The van der Waals surface area contributed by atoms with E-state index < -0.39 is 11.7 Å². The summed E-state index contributed by atoms with van der Waals surface area (Å²) in [5.74, 6) is 1.35. The number of H-pyrrole nitrogens is 1. The largest absolute Gasteiger partial charge is 0.437 e. The summed E-state index contributed by atoms with van der Waals surface area (Å²) >= 11 is 4.26. The van der Waals surface area contributed by atoms with Crippen LogP contribution < -0.4 is 10.1 Å². The molecular formula is C23H15BrF3N5OS. The number of aromatic amines is 1. The van der Waals surface area contributed by atoms with E-state index >= 15 is 0 Å². The Morgan fingerprint density at radius 2 is 1.76 bits per heavy atom. The van der Waals surface area contributed by atoms with Crippen molar-refractivity contribution in [2.75, 3.05) is 5.32 Å². The fourth-order valence-corrected chi connectivity index (χ4v) is 4.37. The van der Waals surface area contributed by atoms with Gasteiger partial charge < -0.3 is 15.0 Å². The molecule has 0 saturated heterocycles. The van der Waals surface area contributed by atoms with Gasteiger partial charge in [0.25, 0.3) is 5.88 Å². The molecule has 2 N–H and O–H groups in total. The number of benzene rings is 3. The Bertz CT molecular complexity index is 1440. The van der Waals surface area contributed by atoms with Crippen molar-refractivity contribution in [3.63, 3.8) is 0 Å². The molecule has 0 fully saturated rings. The van der Waals surface area contributed by atoms with Gasteiger partial charge in [0, 0.05) is 16.6 Å². The van der Waals surface area contributed by atoms with Gasteiger partial charge >= 0.3 is 6.18 Å². The topological polar surface area (TPSA) is 75.7 Å². The Balaban J connectivity index is 1.30. The maximum atomic E-state index is 13.1. The highest BCUT2D eigenvalue weighted by Crippen LogP contribution is 2.35. The van der Waals surface area contributed by atoms with Gasteiger partial charge in [0.2, 0.25) is 5.95 Å². The van der Waals surface area contributed by atoms with Gasteiger partial charge in [0.15, 0.2) is 0 Å². The molecule has 5 rings (SSSR count). The second-order valence-corrected chi connectivity index (χ2v) is 8.75. The number of rotatable bonds is 6. The maximum Gasteiger partial charge on any atom is 0.416 e. The van der Waals surface area contributed by atoms with Crippen molar-refractivity contribution in [3.05, 3.63) is 88.0 Å². The molecular weight excluding hydrogens is 531 g/mol. The van der Waals surface area contributed by atoms with Crippen LogP contribution in [0.25, 0.3) is 11.0 Å². The molecule has 0 spiro atoms. The van der Waals surface area contributed by atoms with Crippen LogP contribution in [0.4, 0.5) is 24.8 Å². The number of hydrogen-bond acceptors (Lipinski definition) is 6. The Morgan fingerprint density at radius 3 is 2.50 bits per heavy atom. The molecule has 0 atom stereocenters. The molecule has 0 aliphatic rings. The van der Waals surface area contributed by atoms with E-state index in [-0.39, 0.29) is 9.99 Å². The molecule has 2 aromatic heterocycles. The summed E-state index contributed by atoms with van der Waals surface area (Å²) in [5.41, 5.74) is 2.46. The molecule has 172 valence electrons. The molecule has 0 bridgehead atoms. The first-order valence-electron chi connectivity index (χ1n) is 10.0. The number of ether oxygens (including phenoxy) is 1. The monoisotopic (exact) mass is 545 g/mol. The van der Waals surface area contributed by atoms with Crippen molar-refractivity contribution in [1.29, 1.82) is 0 Å². The van der Waals surface area contributed by atoms with Crippen LogP contribution in [0.2, 0.25) is 0 Å². The third kappa shape index (κ3) is 4.90. The maximum absolute atomic E-state index is 13.1. The van der Waals surface area contributed by atoms with Gasteiger partial charge in [-0.05, 0) is 57.9 Å². The zero-order valence-corrected chi connectivity index (χ0v) is 19.6. The highest BCUT2D eigenvalue weighted by molar-refractivity contribution is 9.10. The predicted octanol–water partition coefficient (Wildman–Crippen LogP) is 7.32. The normalized spacial score (nSPS) is 11.6. The highest BCUT2D eigenvalue weighted by atomic mass is 79.9. The van der Waals surface area contributed by atoms with Gasteiger partial charge in [0.05, 0.1) is 22.8 Å². The second kappa shape index (κ2) is 9.07. The number of halogens is 4. The lowest BCUT2D eigenvalue weighted by atomic mass is 10.1. The summed E-state index contributed by atoms with van der Waals surface area (Å²) in [6.07, 6.45) is -3.83. The lowest BCUT2D eigenvalue weighted by molar-refractivity contribution is -0.137. The van der Waals surface area contributed by atoms with Crippen molar-refractivity contribution in [3.8, 4) is 11.6 Å². The summed E-state index contributed by atoms with van der Waals surface area (Å²) in [6, 6.07) is 19.0. The van der Waals surface area contributed by atoms with Gasteiger partial charge in [0.1, 0.15) is 17.0 Å². The molecule has 34 heavy (non-hydrogen) atoms. The zero-order chi connectivity index (χ0) is 23.7. The predicted molar refractivity (Wildman–Crippen MR) is 128 cm³/mol. The highest BCUT2D eigenvalue weighted by Gasteiger charge is 2.31. The SMILES string of the molecule is FC(F)(F)c1cc(Br)c2nc(Nc3ccc(Oc4nsnc4Cc4ccccc4)cc3)[nH]c2c1. The van der Waals surface area contributed by atoms with Gasteiger partial charge in [-0.3, -0.25) is 0 Å².